The van der Waals surface area contributed by atoms with Crippen LogP contribution >= 0.6 is 0 Å². The minimum Gasteiger partial charge on any atom is -0.378 e. The lowest BCUT2D eigenvalue weighted by atomic mass is 9.89. The minimum atomic E-state index is 0.197. The number of hydrogen-bond donors (Lipinski definition) is 1. The Hall–Kier alpha value is -0.860. The van der Waals surface area contributed by atoms with Gasteiger partial charge in [0.25, 0.3) is 0 Å². The molecule has 1 aliphatic carbocycles. The van der Waals surface area contributed by atoms with Gasteiger partial charge in [-0.15, -0.1) is 0 Å². The number of benzene rings is 1. The molecule has 19 heavy (non-hydrogen) atoms. The zero-order valence-corrected chi connectivity index (χ0v) is 12.2. The van der Waals surface area contributed by atoms with Crippen molar-refractivity contribution in [3.05, 3.63) is 35.4 Å². The Morgan fingerprint density at radius 2 is 1.89 bits per heavy atom. The molecular weight excluding hydrogens is 234 g/mol. The Morgan fingerprint density at radius 1 is 1.16 bits per heavy atom. The molecule has 1 N–H and O–H groups in total. The monoisotopic (exact) mass is 259 g/mol. The third-order valence-corrected chi connectivity index (χ3v) is 5.07. The summed E-state index contributed by atoms with van der Waals surface area (Å²) in [5, 5.41) is 3.62. The van der Waals surface area contributed by atoms with Crippen molar-refractivity contribution >= 4 is 0 Å². The third kappa shape index (κ3) is 2.70. The van der Waals surface area contributed by atoms with Crippen LogP contribution < -0.4 is 5.32 Å². The van der Waals surface area contributed by atoms with E-state index in [0.717, 1.165) is 13.0 Å². The molecule has 1 atom stereocenters. The standard InChI is InChI=1S/C17H25NO/c1-16(9-3-13-18-16)15-6-4-14(5-7-15)8-10-17(19-2)11-12-17/h4-7,18H,3,8-13H2,1-2H3. The first-order chi connectivity index (χ1) is 9.16. The molecule has 1 aromatic rings. The van der Waals surface area contributed by atoms with Crippen LogP contribution in [0.25, 0.3) is 0 Å². The second-order valence-corrected chi connectivity index (χ2v) is 6.45. The molecule has 1 aromatic carbocycles. The van der Waals surface area contributed by atoms with Crippen molar-refractivity contribution in [2.45, 2.75) is 56.6 Å². The van der Waals surface area contributed by atoms with Gasteiger partial charge >= 0.3 is 0 Å². The van der Waals surface area contributed by atoms with Gasteiger partial charge in [0.15, 0.2) is 0 Å². The summed E-state index contributed by atoms with van der Waals surface area (Å²) in [5.41, 5.74) is 3.29. The molecule has 1 saturated heterocycles. The average Bonchev–Trinajstić information content (AvgIpc) is 3.11. The van der Waals surface area contributed by atoms with E-state index in [1.54, 1.807) is 0 Å². The number of nitrogens with one attached hydrogen (secondary N) is 1. The lowest BCUT2D eigenvalue weighted by Crippen LogP contribution is -2.32. The van der Waals surface area contributed by atoms with Crippen molar-refractivity contribution in [1.29, 1.82) is 0 Å². The number of aryl methyl sites for hydroxylation is 1. The van der Waals surface area contributed by atoms with Gasteiger partial charge in [0.1, 0.15) is 0 Å². The molecule has 0 bridgehead atoms. The maximum atomic E-state index is 5.58. The highest BCUT2D eigenvalue weighted by atomic mass is 16.5. The van der Waals surface area contributed by atoms with Gasteiger partial charge < -0.3 is 10.1 Å². The van der Waals surface area contributed by atoms with Gasteiger partial charge in [0, 0.05) is 12.6 Å². The van der Waals surface area contributed by atoms with Gasteiger partial charge in [-0.2, -0.15) is 0 Å². The molecule has 0 aromatic heterocycles. The normalized spacial score (nSPS) is 28.5. The van der Waals surface area contributed by atoms with Crippen LogP contribution in [0.3, 0.4) is 0 Å². The Kier molecular flexibility index (Phi) is 3.40. The third-order valence-electron chi connectivity index (χ3n) is 5.07. The highest BCUT2D eigenvalue weighted by Crippen LogP contribution is 2.42. The maximum Gasteiger partial charge on any atom is 0.0684 e. The number of hydrogen-bond acceptors (Lipinski definition) is 2. The first kappa shape index (κ1) is 13.1. The van der Waals surface area contributed by atoms with Crippen molar-refractivity contribution in [2.75, 3.05) is 13.7 Å². The van der Waals surface area contributed by atoms with Crippen molar-refractivity contribution in [2.24, 2.45) is 0 Å². The van der Waals surface area contributed by atoms with Crippen LogP contribution in [-0.4, -0.2) is 19.3 Å². The predicted molar refractivity (Wildman–Crippen MR) is 78.3 cm³/mol. The minimum absolute atomic E-state index is 0.197. The Morgan fingerprint density at radius 3 is 2.42 bits per heavy atom. The van der Waals surface area contributed by atoms with Crippen molar-refractivity contribution < 1.29 is 4.74 Å². The first-order valence-electron chi connectivity index (χ1n) is 7.56. The van der Waals surface area contributed by atoms with Gasteiger partial charge in [-0.05, 0) is 63.1 Å². The lowest BCUT2D eigenvalue weighted by Gasteiger charge is -2.25. The van der Waals surface area contributed by atoms with E-state index in [2.05, 4.69) is 36.5 Å². The van der Waals surface area contributed by atoms with Crippen LogP contribution in [0, 0.1) is 0 Å². The quantitative estimate of drug-likeness (QED) is 0.875. The summed E-state index contributed by atoms with van der Waals surface area (Å²) in [4.78, 5) is 0. The zero-order valence-electron chi connectivity index (χ0n) is 12.2. The van der Waals surface area contributed by atoms with Crippen molar-refractivity contribution in [1.82, 2.24) is 5.32 Å². The Labute approximate surface area is 116 Å². The zero-order chi connectivity index (χ0) is 13.3. The van der Waals surface area contributed by atoms with Gasteiger partial charge in [-0.3, -0.25) is 0 Å². The Balaban J connectivity index is 1.62. The van der Waals surface area contributed by atoms with E-state index in [1.165, 1.54) is 43.2 Å². The first-order valence-corrected chi connectivity index (χ1v) is 7.56. The van der Waals surface area contributed by atoms with Crippen LogP contribution in [0.4, 0.5) is 0 Å². The van der Waals surface area contributed by atoms with Gasteiger partial charge in [0.2, 0.25) is 0 Å². The van der Waals surface area contributed by atoms with E-state index in [4.69, 9.17) is 4.74 Å². The van der Waals surface area contributed by atoms with Crippen LogP contribution in [0.15, 0.2) is 24.3 Å². The van der Waals surface area contributed by atoms with E-state index in [0.29, 0.717) is 0 Å². The fourth-order valence-corrected chi connectivity index (χ4v) is 3.25. The summed E-state index contributed by atoms with van der Waals surface area (Å²) in [6, 6.07) is 9.21. The highest BCUT2D eigenvalue weighted by Gasteiger charge is 2.42. The SMILES string of the molecule is COC1(CCc2ccc(C3(C)CCCN3)cc2)CC1. The molecule has 104 valence electrons. The summed E-state index contributed by atoms with van der Waals surface area (Å²) in [5.74, 6) is 0. The lowest BCUT2D eigenvalue weighted by molar-refractivity contribution is 0.0731. The second kappa shape index (κ2) is 4.92. The number of ether oxygens (including phenoxy) is 1. The van der Waals surface area contributed by atoms with Crippen LogP contribution in [0.1, 0.15) is 50.2 Å². The molecule has 0 radical (unpaired) electrons. The fraction of sp³-hybridized carbons (Fsp3) is 0.647. The number of methoxy groups -OCH3 is 1. The number of rotatable bonds is 5. The second-order valence-electron chi connectivity index (χ2n) is 6.45. The van der Waals surface area contributed by atoms with Gasteiger partial charge in [-0.1, -0.05) is 24.3 Å². The summed E-state index contributed by atoms with van der Waals surface area (Å²) in [7, 11) is 1.85. The molecule has 2 nitrogen and oxygen atoms in total. The predicted octanol–water partition coefficient (Wildman–Crippen LogP) is 3.40. The summed E-state index contributed by atoms with van der Waals surface area (Å²) < 4.78 is 5.58. The maximum absolute atomic E-state index is 5.58. The molecule has 2 aliphatic rings. The van der Waals surface area contributed by atoms with Crippen LogP contribution in [0.5, 0.6) is 0 Å². The summed E-state index contributed by atoms with van der Waals surface area (Å²) in [6.07, 6.45) is 7.32. The molecule has 1 heterocycles. The van der Waals surface area contributed by atoms with Crippen molar-refractivity contribution in [3.8, 4) is 0 Å². The van der Waals surface area contributed by atoms with E-state index in [-0.39, 0.29) is 11.1 Å². The molecule has 0 spiro atoms. The summed E-state index contributed by atoms with van der Waals surface area (Å²) >= 11 is 0. The molecule has 1 unspecified atom stereocenters. The molecule has 1 aliphatic heterocycles. The van der Waals surface area contributed by atoms with E-state index >= 15 is 0 Å². The van der Waals surface area contributed by atoms with E-state index in [9.17, 15) is 0 Å². The molecule has 2 fully saturated rings. The van der Waals surface area contributed by atoms with E-state index < -0.39 is 0 Å². The van der Waals surface area contributed by atoms with E-state index in [1.807, 2.05) is 7.11 Å². The van der Waals surface area contributed by atoms with Gasteiger partial charge in [0.05, 0.1) is 5.60 Å². The summed E-state index contributed by atoms with van der Waals surface area (Å²) in [6.45, 7) is 3.47. The Bertz CT molecular complexity index is 427. The van der Waals surface area contributed by atoms with Gasteiger partial charge in [-0.25, -0.2) is 0 Å². The molecular formula is C17H25NO. The van der Waals surface area contributed by atoms with Crippen molar-refractivity contribution in [3.63, 3.8) is 0 Å². The molecule has 3 rings (SSSR count). The fourth-order valence-electron chi connectivity index (χ4n) is 3.25. The topological polar surface area (TPSA) is 21.3 Å². The average molecular weight is 259 g/mol. The highest BCUT2D eigenvalue weighted by molar-refractivity contribution is 5.29. The smallest absolute Gasteiger partial charge is 0.0684 e. The van der Waals surface area contributed by atoms with Crippen LogP contribution in [-0.2, 0) is 16.7 Å². The van der Waals surface area contributed by atoms with Crippen LogP contribution in [0.2, 0.25) is 0 Å². The molecule has 1 saturated carbocycles. The largest absolute Gasteiger partial charge is 0.378 e. The molecule has 0 amide bonds. The molecule has 2 heteroatoms.